The molecule has 3 rings (SSSR count). The number of carbonyl (C=O) groups excluding carboxylic acids is 1. The van der Waals surface area contributed by atoms with Crippen LogP contribution in [0.3, 0.4) is 0 Å². The molecule has 0 radical (unpaired) electrons. The molecule has 5 nitrogen and oxygen atoms in total. The molecule has 1 N–H and O–H groups in total. The summed E-state index contributed by atoms with van der Waals surface area (Å²) in [4.78, 5) is 27.5. The Kier molecular flexibility index (Phi) is 4.66. The van der Waals surface area contributed by atoms with Crippen molar-refractivity contribution in [2.24, 2.45) is 0 Å². The second kappa shape index (κ2) is 6.71. The van der Waals surface area contributed by atoms with Gasteiger partial charge in [-0.1, -0.05) is 24.3 Å². The first-order valence-electron chi connectivity index (χ1n) is 8.38. The second-order valence-electron chi connectivity index (χ2n) is 6.58. The lowest BCUT2D eigenvalue weighted by Crippen LogP contribution is -2.44. The maximum Gasteiger partial charge on any atom is 0.320 e. The van der Waals surface area contributed by atoms with Crippen LogP contribution in [0.25, 0.3) is 0 Å². The molecule has 1 heterocycles. The molecule has 0 bridgehead atoms. The van der Waals surface area contributed by atoms with Crippen molar-refractivity contribution in [3.05, 3.63) is 35.4 Å². The van der Waals surface area contributed by atoms with Gasteiger partial charge in [0, 0.05) is 7.05 Å². The Bertz CT molecular complexity index is 602. The fraction of sp³-hybridized carbons (Fsp3) is 0.556. The Hall–Kier alpha value is -1.88. The van der Waals surface area contributed by atoms with Gasteiger partial charge in [-0.25, -0.2) is 0 Å². The van der Waals surface area contributed by atoms with Gasteiger partial charge >= 0.3 is 5.97 Å². The van der Waals surface area contributed by atoms with Crippen LogP contribution < -0.4 is 0 Å². The standard InChI is InChI=1S/C18H24N2O3/c1-19(15-9-4-7-13-6-2-3-8-14(13)15)17(21)12-20-11-5-10-16(20)18(22)23/h2-3,6,8,15-16H,4-5,7,9-12H2,1H3,(H,22,23)/t15?,16-/m0/s1. The number of carbonyl (C=O) groups is 2. The first-order valence-corrected chi connectivity index (χ1v) is 8.38. The van der Waals surface area contributed by atoms with Crippen LogP contribution in [0.15, 0.2) is 24.3 Å². The average Bonchev–Trinajstić information content (AvgIpc) is 3.02. The number of aliphatic carboxylic acids is 1. The number of hydrogen-bond donors (Lipinski definition) is 1. The molecule has 1 aliphatic carbocycles. The van der Waals surface area contributed by atoms with E-state index < -0.39 is 12.0 Å². The highest BCUT2D eigenvalue weighted by Crippen LogP contribution is 2.33. The van der Waals surface area contributed by atoms with Crippen molar-refractivity contribution in [3.8, 4) is 0 Å². The van der Waals surface area contributed by atoms with E-state index in [1.165, 1.54) is 11.1 Å². The van der Waals surface area contributed by atoms with Crippen molar-refractivity contribution in [3.63, 3.8) is 0 Å². The first kappa shape index (κ1) is 16.0. The lowest BCUT2D eigenvalue weighted by atomic mass is 9.87. The van der Waals surface area contributed by atoms with E-state index >= 15 is 0 Å². The quantitative estimate of drug-likeness (QED) is 0.924. The topological polar surface area (TPSA) is 60.9 Å². The Morgan fingerprint density at radius 3 is 2.83 bits per heavy atom. The highest BCUT2D eigenvalue weighted by Gasteiger charge is 2.34. The van der Waals surface area contributed by atoms with E-state index in [4.69, 9.17) is 0 Å². The number of fused-ring (bicyclic) bond motifs is 1. The summed E-state index contributed by atoms with van der Waals surface area (Å²) >= 11 is 0. The smallest absolute Gasteiger partial charge is 0.320 e. The number of nitrogens with zero attached hydrogens (tertiary/aromatic N) is 2. The number of hydrogen-bond acceptors (Lipinski definition) is 3. The summed E-state index contributed by atoms with van der Waals surface area (Å²) in [5, 5.41) is 9.25. The Labute approximate surface area is 136 Å². The zero-order valence-electron chi connectivity index (χ0n) is 13.6. The van der Waals surface area contributed by atoms with E-state index in [1.807, 2.05) is 24.1 Å². The number of likely N-dealkylation sites (tertiary alicyclic amines) is 1. The SMILES string of the molecule is CN(C(=O)CN1CCC[C@H]1C(=O)O)C1CCCc2ccccc21. The minimum absolute atomic E-state index is 0.0138. The molecule has 2 atom stereocenters. The number of carboxylic acid groups (broad SMARTS) is 1. The molecule has 0 aromatic heterocycles. The molecule has 5 heteroatoms. The summed E-state index contributed by atoms with van der Waals surface area (Å²) in [7, 11) is 1.85. The van der Waals surface area contributed by atoms with Crippen LogP contribution >= 0.6 is 0 Å². The van der Waals surface area contributed by atoms with E-state index in [2.05, 4.69) is 12.1 Å². The molecule has 2 aliphatic rings. The van der Waals surface area contributed by atoms with Gasteiger partial charge in [-0.2, -0.15) is 0 Å². The van der Waals surface area contributed by atoms with Gasteiger partial charge in [0.2, 0.25) is 5.91 Å². The van der Waals surface area contributed by atoms with Gasteiger partial charge in [0.1, 0.15) is 6.04 Å². The van der Waals surface area contributed by atoms with E-state index in [0.29, 0.717) is 13.0 Å². The molecule has 1 saturated heterocycles. The van der Waals surface area contributed by atoms with Crippen LogP contribution in [0.1, 0.15) is 42.9 Å². The third-order valence-electron chi connectivity index (χ3n) is 5.19. The second-order valence-corrected chi connectivity index (χ2v) is 6.58. The highest BCUT2D eigenvalue weighted by molar-refractivity contribution is 5.80. The summed E-state index contributed by atoms with van der Waals surface area (Å²) in [6.07, 6.45) is 4.61. The van der Waals surface area contributed by atoms with Crippen molar-refractivity contribution in [2.45, 2.75) is 44.2 Å². The molecule has 0 spiro atoms. The summed E-state index contributed by atoms with van der Waals surface area (Å²) in [6, 6.07) is 7.92. The number of rotatable bonds is 4. The van der Waals surface area contributed by atoms with Crippen molar-refractivity contribution in [1.82, 2.24) is 9.80 Å². The monoisotopic (exact) mass is 316 g/mol. The van der Waals surface area contributed by atoms with E-state index in [-0.39, 0.29) is 18.5 Å². The zero-order chi connectivity index (χ0) is 16.4. The first-order chi connectivity index (χ1) is 11.1. The molecule has 1 unspecified atom stereocenters. The number of likely N-dealkylation sites (N-methyl/N-ethyl adjacent to an activating group) is 1. The summed E-state index contributed by atoms with van der Waals surface area (Å²) in [6.45, 7) is 0.893. The van der Waals surface area contributed by atoms with Gasteiger partial charge in [-0.15, -0.1) is 0 Å². The molecule has 1 amide bonds. The van der Waals surface area contributed by atoms with E-state index in [0.717, 1.165) is 25.7 Å². The number of carboxylic acids is 1. The van der Waals surface area contributed by atoms with Crippen molar-refractivity contribution >= 4 is 11.9 Å². The summed E-state index contributed by atoms with van der Waals surface area (Å²) in [5.41, 5.74) is 2.57. The van der Waals surface area contributed by atoms with Gasteiger partial charge in [-0.05, 0) is 49.8 Å². The molecule has 1 aliphatic heterocycles. The van der Waals surface area contributed by atoms with Crippen LogP contribution in [-0.2, 0) is 16.0 Å². The fourth-order valence-corrected chi connectivity index (χ4v) is 3.88. The third-order valence-corrected chi connectivity index (χ3v) is 5.19. The minimum Gasteiger partial charge on any atom is -0.480 e. The van der Waals surface area contributed by atoms with E-state index in [9.17, 15) is 14.7 Å². The molecule has 1 fully saturated rings. The molecule has 0 saturated carbocycles. The molecular formula is C18H24N2O3. The maximum absolute atomic E-state index is 12.7. The normalized spacial score (nSPS) is 24.2. The fourth-order valence-electron chi connectivity index (χ4n) is 3.88. The van der Waals surface area contributed by atoms with Gasteiger partial charge < -0.3 is 10.0 Å². The predicted molar refractivity (Wildman–Crippen MR) is 87.1 cm³/mol. The number of benzene rings is 1. The molecule has 1 aromatic rings. The Morgan fingerprint density at radius 2 is 2.04 bits per heavy atom. The molecule has 23 heavy (non-hydrogen) atoms. The Morgan fingerprint density at radius 1 is 1.26 bits per heavy atom. The lowest BCUT2D eigenvalue weighted by molar-refractivity contribution is -0.143. The van der Waals surface area contributed by atoms with Crippen LogP contribution in [0.2, 0.25) is 0 Å². The summed E-state index contributed by atoms with van der Waals surface area (Å²) < 4.78 is 0. The molecular weight excluding hydrogens is 292 g/mol. The predicted octanol–water partition coefficient (Wildman–Crippen LogP) is 2.07. The largest absolute Gasteiger partial charge is 0.480 e. The van der Waals surface area contributed by atoms with Crippen LogP contribution in [0.4, 0.5) is 0 Å². The van der Waals surface area contributed by atoms with Crippen molar-refractivity contribution in [1.29, 1.82) is 0 Å². The van der Waals surface area contributed by atoms with Gasteiger partial charge in [0.05, 0.1) is 12.6 Å². The van der Waals surface area contributed by atoms with Gasteiger partial charge in [0.25, 0.3) is 0 Å². The summed E-state index contributed by atoms with van der Waals surface area (Å²) in [5.74, 6) is -0.805. The average molecular weight is 316 g/mol. The third kappa shape index (κ3) is 3.24. The van der Waals surface area contributed by atoms with Crippen LogP contribution in [-0.4, -0.2) is 53.0 Å². The maximum atomic E-state index is 12.7. The van der Waals surface area contributed by atoms with Gasteiger partial charge in [-0.3, -0.25) is 14.5 Å². The number of amides is 1. The number of aryl methyl sites for hydroxylation is 1. The zero-order valence-corrected chi connectivity index (χ0v) is 13.6. The molecule has 124 valence electrons. The Balaban J connectivity index is 1.70. The lowest BCUT2D eigenvalue weighted by Gasteiger charge is -2.34. The minimum atomic E-state index is -0.819. The highest BCUT2D eigenvalue weighted by atomic mass is 16.4. The van der Waals surface area contributed by atoms with Crippen LogP contribution in [0, 0.1) is 0 Å². The van der Waals surface area contributed by atoms with Crippen LogP contribution in [0.5, 0.6) is 0 Å². The molecule has 1 aromatic carbocycles. The van der Waals surface area contributed by atoms with Gasteiger partial charge in [0.15, 0.2) is 0 Å². The van der Waals surface area contributed by atoms with Crippen molar-refractivity contribution < 1.29 is 14.7 Å². The van der Waals surface area contributed by atoms with Crippen molar-refractivity contribution in [2.75, 3.05) is 20.1 Å². The van der Waals surface area contributed by atoms with E-state index in [1.54, 1.807) is 4.90 Å².